The highest BCUT2D eigenvalue weighted by Crippen LogP contribution is 2.40. The van der Waals surface area contributed by atoms with Crippen LogP contribution < -0.4 is 5.32 Å². The van der Waals surface area contributed by atoms with Gasteiger partial charge in [0.1, 0.15) is 12.1 Å². The van der Waals surface area contributed by atoms with E-state index in [1.165, 1.54) is 16.4 Å². The van der Waals surface area contributed by atoms with Crippen molar-refractivity contribution in [2.75, 3.05) is 6.54 Å². The first-order valence-corrected chi connectivity index (χ1v) is 13.2. The Bertz CT molecular complexity index is 1230. The molecule has 1 aliphatic carbocycles. The van der Waals surface area contributed by atoms with Gasteiger partial charge in [-0.05, 0) is 35.9 Å². The molecule has 0 spiro atoms. The Labute approximate surface area is 214 Å². The van der Waals surface area contributed by atoms with Gasteiger partial charge in [-0.1, -0.05) is 56.3 Å². The zero-order chi connectivity index (χ0) is 25.4. The molecule has 2 aromatic heterocycles. The number of rotatable bonds is 7. The molecule has 9 nitrogen and oxygen atoms in total. The summed E-state index contributed by atoms with van der Waals surface area (Å²) in [7, 11) is 0. The predicted molar refractivity (Wildman–Crippen MR) is 136 cm³/mol. The van der Waals surface area contributed by atoms with Crippen molar-refractivity contribution >= 4 is 23.3 Å². The molecule has 10 heteroatoms. The fourth-order valence-corrected chi connectivity index (χ4v) is 5.43. The molecule has 36 heavy (non-hydrogen) atoms. The molecule has 3 aromatic rings. The van der Waals surface area contributed by atoms with E-state index < -0.39 is 23.6 Å². The van der Waals surface area contributed by atoms with Crippen LogP contribution in [0.1, 0.15) is 62.6 Å². The summed E-state index contributed by atoms with van der Waals surface area (Å²) in [6, 6.07) is 10.5. The van der Waals surface area contributed by atoms with E-state index in [1.807, 2.05) is 63.4 Å². The topological polar surface area (TPSA) is 113 Å². The number of aromatic nitrogens is 4. The fourth-order valence-electron chi connectivity index (χ4n) is 4.76. The average Bonchev–Trinajstić information content (AvgIpc) is 3.22. The highest BCUT2D eigenvalue weighted by molar-refractivity contribution is 7.06. The number of carbonyl (C=O) groups excluding carboxylic acids is 2. The number of hydrogen-bond donors (Lipinski definition) is 2. The van der Waals surface area contributed by atoms with Crippen LogP contribution in [-0.4, -0.2) is 59.9 Å². The van der Waals surface area contributed by atoms with Crippen molar-refractivity contribution in [3.63, 3.8) is 0 Å². The molecule has 3 atom stereocenters. The zero-order valence-corrected chi connectivity index (χ0v) is 21.6. The Morgan fingerprint density at radius 2 is 1.97 bits per heavy atom. The van der Waals surface area contributed by atoms with Crippen LogP contribution in [0.5, 0.6) is 0 Å². The van der Waals surface area contributed by atoms with Crippen LogP contribution in [-0.2, 0) is 16.1 Å². The standard InChI is InChI=1S/C26H32N6O3S/c1-26(2,3)23(32-15-21(28-30-32)17-9-10-17)25(35)31-14-18(33)11-22(31)24(34)27-13-19-12-20(29-36-19)16-7-5-4-6-8-16/h4-8,12,15,17-18,22-23,33H,9-11,13-14H2,1-3H3,(H,27,34)/t18?,22?,23-/m1/s1. The summed E-state index contributed by atoms with van der Waals surface area (Å²) in [4.78, 5) is 29.4. The van der Waals surface area contributed by atoms with Gasteiger partial charge >= 0.3 is 0 Å². The number of aliphatic hydroxyl groups is 1. The van der Waals surface area contributed by atoms with E-state index in [9.17, 15) is 14.7 Å². The van der Waals surface area contributed by atoms with Crippen LogP contribution >= 0.6 is 11.5 Å². The van der Waals surface area contributed by atoms with Gasteiger partial charge in [-0.3, -0.25) is 9.59 Å². The lowest BCUT2D eigenvalue weighted by Crippen LogP contribution is -2.50. The van der Waals surface area contributed by atoms with Gasteiger partial charge in [0.2, 0.25) is 11.8 Å². The van der Waals surface area contributed by atoms with E-state index in [1.54, 1.807) is 4.68 Å². The minimum Gasteiger partial charge on any atom is -0.391 e. The van der Waals surface area contributed by atoms with E-state index >= 15 is 0 Å². The van der Waals surface area contributed by atoms with Gasteiger partial charge in [0.05, 0.1) is 24.0 Å². The molecular weight excluding hydrogens is 476 g/mol. The molecule has 1 aliphatic heterocycles. The molecule has 0 radical (unpaired) electrons. The molecule has 2 unspecified atom stereocenters. The molecule has 1 aromatic carbocycles. The lowest BCUT2D eigenvalue weighted by atomic mass is 9.85. The van der Waals surface area contributed by atoms with Gasteiger partial charge in [0, 0.05) is 35.5 Å². The summed E-state index contributed by atoms with van der Waals surface area (Å²) < 4.78 is 6.13. The van der Waals surface area contributed by atoms with Crippen molar-refractivity contribution in [2.24, 2.45) is 5.41 Å². The Kier molecular flexibility index (Phi) is 6.65. The molecule has 2 fully saturated rings. The lowest BCUT2D eigenvalue weighted by Gasteiger charge is -2.34. The van der Waals surface area contributed by atoms with Gasteiger partial charge in [-0.2, -0.15) is 4.37 Å². The van der Waals surface area contributed by atoms with Crippen LogP contribution in [0, 0.1) is 5.41 Å². The Morgan fingerprint density at radius 1 is 1.22 bits per heavy atom. The summed E-state index contributed by atoms with van der Waals surface area (Å²) in [5, 5.41) is 21.9. The summed E-state index contributed by atoms with van der Waals surface area (Å²) in [5.41, 5.74) is 2.33. The number of nitrogens with zero attached hydrogens (tertiary/aromatic N) is 5. The molecule has 3 heterocycles. The lowest BCUT2D eigenvalue weighted by molar-refractivity contribution is -0.144. The van der Waals surface area contributed by atoms with E-state index in [0.29, 0.717) is 12.5 Å². The van der Waals surface area contributed by atoms with Crippen molar-refractivity contribution in [3.8, 4) is 11.3 Å². The van der Waals surface area contributed by atoms with E-state index in [-0.39, 0.29) is 24.8 Å². The second-order valence-corrected chi connectivity index (χ2v) is 11.7. The fraction of sp³-hybridized carbons (Fsp3) is 0.500. The summed E-state index contributed by atoms with van der Waals surface area (Å²) in [5.74, 6) is -0.0779. The third kappa shape index (κ3) is 5.19. The number of aliphatic hydroxyl groups excluding tert-OH is 1. The van der Waals surface area contributed by atoms with Crippen molar-refractivity contribution in [1.29, 1.82) is 0 Å². The van der Waals surface area contributed by atoms with Crippen molar-refractivity contribution < 1.29 is 14.7 Å². The van der Waals surface area contributed by atoms with Crippen LogP contribution in [0.3, 0.4) is 0 Å². The monoisotopic (exact) mass is 508 g/mol. The van der Waals surface area contributed by atoms with E-state index in [4.69, 9.17) is 0 Å². The molecule has 2 aliphatic rings. The van der Waals surface area contributed by atoms with Gasteiger partial charge < -0.3 is 15.3 Å². The Morgan fingerprint density at radius 3 is 2.67 bits per heavy atom. The highest BCUT2D eigenvalue weighted by atomic mass is 32.1. The van der Waals surface area contributed by atoms with E-state index in [2.05, 4.69) is 20.0 Å². The first-order valence-electron chi connectivity index (χ1n) is 12.4. The number of carbonyl (C=O) groups is 2. The smallest absolute Gasteiger partial charge is 0.248 e. The summed E-state index contributed by atoms with van der Waals surface area (Å²) >= 11 is 1.34. The first-order chi connectivity index (χ1) is 17.2. The highest BCUT2D eigenvalue weighted by Gasteiger charge is 2.45. The van der Waals surface area contributed by atoms with Gasteiger partial charge in [-0.15, -0.1) is 5.10 Å². The third-order valence-corrected chi connectivity index (χ3v) is 7.56. The number of amides is 2. The second-order valence-electron chi connectivity index (χ2n) is 10.8. The van der Waals surface area contributed by atoms with Gasteiger partial charge in [-0.25, -0.2) is 4.68 Å². The van der Waals surface area contributed by atoms with Gasteiger partial charge in [0.15, 0.2) is 0 Å². The summed E-state index contributed by atoms with van der Waals surface area (Å²) in [6.45, 7) is 6.36. The molecule has 190 valence electrons. The number of β-amino-alcohol motifs (C(OH)–C–C–N with tert-alkyl or cyclic N) is 1. The Hall–Kier alpha value is -3.11. The molecule has 5 rings (SSSR count). The minimum absolute atomic E-state index is 0.117. The minimum atomic E-state index is -0.754. The Balaban J connectivity index is 1.29. The third-order valence-electron chi connectivity index (χ3n) is 6.77. The van der Waals surface area contributed by atoms with Crippen molar-refractivity contribution in [2.45, 2.75) is 70.7 Å². The zero-order valence-electron chi connectivity index (χ0n) is 20.8. The van der Waals surface area contributed by atoms with E-state index in [0.717, 1.165) is 34.7 Å². The largest absolute Gasteiger partial charge is 0.391 e. The number of nitrogens with one attached hydrogen (secondary N) is 1. The summed E-state index contributed by atoms with van der Waals surface area (Å²) in [6.07, 6.45) is 3.51. The maximum Gasteiger partial charge on any atom is 0.248 e. The normalized spacial score (nSPS) is 20.9. The predicted octanol–water partition coefficient (Wildman–Crippen LogP) is 3.14. The number of hydrogen-bond acceptors (Lipinski definition) is 7. The molecule has 1 saturated heterocycles. The first kappa shape index (κ1) is 24.6. The van der Waals surface area contributed by atoms with Crippen molar-refractivity contribution in [3.05, 3.63) is 53.2 Å². The molecular formula is C26H32N6O3S. The average molecular weight is 509 g/mol. The molecule has 0 bridgehead atoms. The van der Waals surface area contributed by atoms with Crippen molar-refractivity contribution in [1.82, 2.24) is 29.6 Å². The SMILES string of the molecule is CC(C)(C)[C@@H](C(=O)N1CC(O)CC1C(=O)NCc1cc(-c2ccccc2)ns1)n1cc(C2CC2)nn1. The van der Waals surface area contributed by atoms with Crippen LogP contribution in [0.4, 0.5) is 0 Å². The maximum atomic E-state index is 13.8. The second kappa shape index (κ2) is 9.74. The van der Waals surface area contributed by atoms with Crippen LogP contribution in [0.2, 0.25) is 0 Å². The maximum absolute atomic E-state index is 13.8. The number of likely N-dealkylation sites (tertiary alicyclic amines) is 1. The van der Waals surface area contributed by atoms with Crippen LogP contribution in [0.25, 0.3) is 11.3 Å². The quantitative estimate of drug-likeness (QED) is 0.507. The van der Waals surface area contributed by atoms with Crippen LogP contribution in [0.15, 0.2) is 42.6 Å². The molecule has 1 saturated carbocycles. The van der Waals surface area contributed by atoms with Gasteiger partial charge in [0.25, 0.3) is 0 Å². The molecule has 2 N–H and O–H groups in total. The molecule has 2 amide bonds. The number of benzene rings is 1.